The Kier molecular flexibility index (Phi) is 5.65. The van der Waals surface area contributed by atoms with Crippen LogP contribution in [0.15, 0.2) is 72.9 Å². The number of nitrogens with one attached hydrogen (secondary N) is 1. The molecule has 0 aliphatic carbocycles. The van der Waals surface area contributed by atoms with Crippen molar-refractivity contribution >= 4 is 43.5 Å². The monoisotopic (exact) mass is 479 g/mol. The second-order valence-electron chi connectivity index (χ2n) is 8.67. The summed E-state index contributed by atoms with van der Waals surface area (Å²) in [6, 6.07) is 19.2. The number of anilines is 1. The molecule has 3 N–H and O–H groups in total. The van der Waals surface area contributed by atoms with Crippen molar-refractivity contribution in [2.24, 2.45) is 11.7 Å². The van der Waals surface area contributed by atoms with Crippen LogP contribution in [0.4, 0.5) is 10.1 Å². The maximum atomic E-state index is 15.8. The molecule has 34 heavy (non-hydrogen) atoms. The van der Waals surface area contributed by atoms with E-state index in [1.807, 2.05) is 18.2 Å². The van der Waals surface area contributed by atoms with Crippen molar-refractivity contribution in [3.63, 3.8) is 0 Å². The number of hydrogen-bond acceptors (Lipinski definition) is 3. The molecule has 1 unspecified atom stereocenters. The third-order valence-corrected chi connectivity index (χ3v) is 8.20. The van der Waals surface area contributed by atoms with Gasteiger partial charge in [0.05, 0.1) is 11.2 Å². The molecule has 4 aromatic rings. The lowest BCUT2D eigenvalue weighted by Crippen LogP contribution is -2.48. The summed E-state index contributed by atoms with van der Waals surface area (Å²) in [7, 11) is -4.16. The van der Waals surface area contributed by atoms with Crippen LogP contribution in [0.1, 0.15) is 12.8 Å². The van der Waals surface area contributed by atoms with Crippen LogP contribution < -0.4 is 10.0 Å². The summed E-state index contributed by atoms with van der Waals surface area (Å²) in [5.74, 6) is -0.718. The zero-order chi connectivity index (χ0) is 23.9. The summed E-state index contributed by atoms with van der Waals surface area (Å²) in [6.07, 6.45) is 3.05. The van der Waals surface area contributed by atoms with Gasteiger partial charge in [-0.1, -0.05) is 48.5 Å². The Bertz CT molecular complexity index is 1480. The zero-order valence-electron chi connectivity index (χ0n) is 18.6. The Balaban J connectivity index is 1.63. The van der Waals surface area contributed by atoms with Crippen molar-refractivity contribution in [1.82, 2.24) is 8.87 Å². The van der Waals surface area contributed by atoms with Crippen molar-refractivity contribution in [2.45, 2.75) is 12.8 Å². The number of nitrogens with two attached hydrogens (primary N) is 1. The molecule has 1 aliphatic rings. The third kappa shape index (κ3) is 3.86. The number of para-hydroxylation sites is 1. The van der Waals surface area contributed by atoms with Crippen molar-refractivity contribution in [3.05, 3.63) is 78.7 Å². The van der Waals surface area contributed by atoms with E-state index in [9.17, 15) is 8.42 Å². The number of fused-ring (bicyclic) bond motifs is 2. The Morgan fingerprint density at radius 2 is 1.79 bits per heavy atom. The Hall–Kier alpha value is -3.59. The van der Waals surface area contributed by atoms with Gasteiger partial charge in [0.1, 0.15) is 0 Å². The standard InChI is InChI=1S/C25H26FN5O2S/c26-24-21-9-3-1-7-19(21)11-12-23(24)31(17-18-6-5-14-29(16-18)25(27)28)34(32,33)30-15-13-20-8-2-4-10-22(20)30/h1-4,7-13,15,18H,5-6,14,16-17H2,(H3,27,28). The van der Waals surface area contributed by atoms with Crippen LogP contribution in [0.2, 0.25) is 0 Å². The zero-order valence-corrected chi connectivity index (χ0v) is 19.4. The Morgan fingerprint density at radius 1 is 1.06 bits per heavy atom. The van der Waals surface area contributed by atoms with Crippen molar-refractivity contribution in [1.29, 1.82) is 5.41 Å². The topological polar surface area (TPSA) is 95.4 Å². The molecule has 0 bridgehead atoms. The largest absolute Gasteiger partial charge is 0.370 e. The highest BCUT2D eigenvalue weighted by atomic mass is 32.2. The second-order valence-corrected chi connectivity index (χ2v) is 10.4. The fourth-order valence-corrected chi connectivity index (χ4v) is 6.39. The highest BCUT2D eigenvalue weighted by Gasteiger charge is 2.32. The van der Waals surface area contributed by atoms with Gasteiger partial charge >= 0.3 is 10.2 Å². The molecule has 176 valence electrons. The fraction of sp³-hybridized carbons (Fsp3) is 0.240. The normalized spacial score (nSPS) is 16.7. The van der Waals surface area contributed by atoms with E-state index in [0.717, 1.165) is 18.2 Å². The van der Waals surface area contributed by atoms with Crippen LogP contribution in [0.5, 0.6) is 0 Å². The lowest BCUT2D eigenvalue weighted by Gasteiger charge is -2.36. The molecular formula is C25H26FN5O2S. The van der Waals surface area contributed by atoms with Crippen molar-refractivity contribution < 1.29 is 12.8 Å². The second kappa shape index (κ2) is 8.64. The van der Waals surface area contributed by atoms with Gasteiger partial charge in [0.15, 0.2) is 11.8 Å². The van der Waals surface area contributed by atoms with Gasteiger partial charge in [-0.3, -0.25) is 5.41 Å². The quantitative estimate of drug-likeness (QED) is 0.332. The SMILES string of the molecule is N=C(N)N1CCCC(CN(c2ccc3ccccc3c2F)S(=O)(=O)n2ccc3ccccc32)C1. The minimum atomic E-state index is -4.16. The molecule has 0 saturated carbocycles. The summed E-state index contributed by atoms with van der Waals surface area (Å²) >= 11 is 0. The number of halogens is 1. The number of benzene rings is 3. The summed E-state index contributed by atoms with van der Waals surface area (Å²) < 4.78 is 46.2. The van der Waals surface area contributed by atoms with Crippen LogP contribution in [0, 0.1) is 17.1 Å². The molecule has 1 saturated heterocycles. The lowest BCUT2D eigenvalue weighted by atomic mass is 9.98. The number of hydrogen-bond donors (Lipinski definition) is 2. The molecular weight excluding hydrogens is 453 g/mol. The molecule has 2 heterocycles. The lowest BCUT2D eigenvalue weighted by molar-refractivity contribution is 0.260. The number of likely N-dealkylation sites (tertiary alicyclic amines) is 1. The average molecular weight is 480 g/mol. The number of piperidine rings is 1. The predicted octanol–water partition coefficient (Wildman–Crippen LogP) is 4.14. The number of guanidine groups is 1. The van der Waals surface area contributed by atoms with E-state index < -0.39 is 16.0 Å². The van der Waals surface area contributed by atoms with E-state index in [0.29, 0.717) is 29.4 Å². The number of aromatic nitrogens is 1. The van der Waals surface area contributed by atoms with Crippen LogP contribution in [0.3, 0.4) is 0 Å². The van der Waals surface area contributed by atoms with Gasteiger partial charge in [0.2, 0.25) is 0 Å². The van der Waals surface area contributed by atoms with Crippen LogP contribution in [0.25, 0.3) is 21.7 Å². The van der Waals surface area contributed by atoms with Gasteiger partial charge in [-0.2, -0.15) is 8.42 Å². The van der Waals surface area contributed by atoms with E-state index in [1.165, 1.54) is 20.5 Å². The molecule has 1 aromatic heterocycles. The molecule has 5 rings (SSSR count). The van der Waals surface area contributed by atoms with E-state index in [4.69, 9.17) is 11.1 Å². The first kappa shape index (κ1) is 22.2. The van der Waals surface area contributed by atoms with Gasteiger partial charge in [-0.15, -0.1) is 0 Å². The van der Waals surface area contributed by atoms with Gasteiger partial charge in [0, 0.05) is 36.6 Å². The van der Waals surface area contributed by atoms with Crippen LogP contribution in [-0.2, 0) is 10.2 Å². The van der Waals surface area contributed by atoms with Crippen LogP contribution in [-0.4, -0.2) is 42.9 Å². The summed E-state index contributed by atoms with van der Waals surface area (Å²) in [4.78, 5) is 1.74. The van der Waals surface area contributed by atoms with E-state index in [2.05, 4.69) is 0 Å². The predicted molar refractivity (Wildman–Crippen MR) is 134 cm³/mol. The summed E-state index contributed by atoms with van der Waals surface area (Å²) in [5, 5.41) is 9.64. The highest BCUT2D eigenvalue weighted by molar-refractivity contribution is 7.91. The molecule has 9 heteroatoms. The highest BCUT2D eigenvalue weighted by Crippen LogP contribution is 2.32. The van der Waals surface area contributed by atoms with Crippen molar-refractivity contribution in [2.75, 3.05) is 23.9 Å². The Morgan fingerprint density at radius 3 is 2.59 bits per heavy atom. The van der Waals surface area contributed by atoms with E-state index in [1.54, 1.807) is 47.4 Å². The van der Waals surface area contributed by atoms with Crippen molar-refractivity contribution in [3.8, 4) is 0 Å². The summed E-state index contributed by atoms with van der Waals surface area (Å²) in [6.45, 7) is 1.18. The van der Waals surface area contributed by atoms with Gasteiger partial charge in [0.25, 0.3) is 0 Å². The Labute approximate surface area is 197 Å². The molecule has 7 nitrogen and oxygen atoms in total. The van der Waals surface area contributed by atoms with E-state index in [-0.39, 0.29) is 24.1 Å². The first-order valence-corrected chi connectivity index (χ1v) is 12.6. The molecule has 3 aromatic carbocycles. The minimum absolute atomic E-state index is 0.0106. The average Bonchev–Trinajstić information content (AvgIpc) is 3.29. The van der Waals surface area contributed by atoms with Gasteiger partial charge in [-0.05, 0) is 42.3 Å². The molecule has 0 radical (unpaired) electrons. The molecule has 1 aliphatic heterocycles. The smallest absolute Gasteiger partial charge is 0.330 e. The fourth-order valence-electron chi connectivity index (χ4n) is 4.76. The molecule has 0 amide bonds. The van der Waals surface area contributed by atoms with E-state index >= 15 is 4.39 Å². The maximum absolute atomic E-state index is 15.8. The summed E-state index contributed by atoms with van der Waals surface area (Å²) in [5.41, 5.74) is 6.24. The van der Waals surface area contributed by atoms with Gasteiger partial charge < -0.3 is 10.6 Å². The third-order valence-electron chi connectivity index (χ3n) is 6.49. The molecule has 1 fully saturated rings. The molecule has 0 spiro atoms. The minimum Gasteiger partial charge on any atom is -0.370 e. The first-order chi connectivity index (χ1) is 16.4. The number of rotatable bonds is 5. The number of nitrogens with zero attached hydrogens (tertiary/aromatic N) is 3. The van der Waals surface area contributed by atoms with Gasteiger partial charge in [-0.25, -0.2) is 12.7 Å². The maximum Gasteiger partial charge on any atom is 0.330 e. The van der Waals surface area contributed by atoms with Crippen LogP contribution >= 0.6 is 0 Å². The molecule has 1 atom stereocenters. The first-order valence-electron chi connectivity index (χ1n) is 11.2.